The van der Waals surface area contributed by atoms with Gasteiger partial charge < -0.3 is 19.3 Å². The summed E-state index contributed by atoms with van der Waals surface area (Å²) in [4.78, 5) is 24.3. The zero-order valence-corrected chi connectivity index (χ0v) is 20.9. The SMILES string of the molecule is COc1ccc(/C=N/NC(=O)c2ccc(Cl)cc2O)cc1COc1ccc(C(=O)OCC(C)C)cc1. The average molecular weight is 511 g/mol. The Bertz CT molecular complexity index is 1240. The lowest BCUT2D eigenvalue weighted by molar-refractivity contribution is 0.0458. The molecule has 0 saturated heterocycles. The number of methoxy groups -OCH3 is 1. The van der Waals surface area contributed by atoms with Crippen LogP contribution in [-0.4, -0.2) is 36.9 Å². The van der Waals surface area contributed by atoms with E-state index in [2.05, 4.69) is 10.5 Å². The minimum atomic E-state index is -0.575. The Morgan fingerprint density at radius 2 is 1.83 bits per heavy atom. The lowest BCUT2D eigenvalue weighted by atomic mass is 10.1. The summed E-state index contributed by atoms with van der Waals surface area (Å²) in [5, 5.41) is 14.1. The number of rotatable bonds is 10. The largest absolute Gasteiger partial charge is 0.507 e. The van der Waals surface area contributed by atoms with E-state index >= 15 is 0 Å². The number of hydrogen-bond acceptors (Lipinski definition) is 7. The fourth-order valence-electron chi connectivity index (χ4n) is 3.09. The second-order valence-corrected chi connectivity index (χ2v) is 8.67. The number of phenolic OH excluding ortho intramolecular Hbond substituents is 1. The van der Waals surface area contributed by atoms with E-state index in [1.165, 1.54) is 24.4 Å². The summed E-state index contributed by atoms with van der Waals surface area (Å²) in [7, 11) is 1.56. The minimum Gasteiger partial charge on any atom is -0.507 e. The van der Waals surface area contributed by atoms with Crippen LogP contribution in [0.3, 0.4) is 0 Å². The molecule has 0 aliphatic heterocycles. The predicted molar refractivity (Wildman–Crippen MR) is 137 cm³/mol. The standard InChI is InChI=1S/C27H27ClN2O6/c1-17(2)15-36-27(33)19-5-8-22(9-6-19)35-16-20-12-18(4-11-25(20)34-3)14-29-30-26(32)23-10-7-21(28)13-24(23)31/h4-14,17,31H,15-16H2,1-3H3,(H,30,32)/b29-14+. The Morgan fingerprint density at radius 1 is 1.08 bits per heavy atom. The molecule has 3 aromatic rings. The first-order valence-electron chi connectivity index (χ1n) is 11.2. The highest BCUT2D eigenvalue weighted by Crippen LogP contribution is 2.23. The fraction of sp³-hybridized carbons (Fsp3) is 0.222. The minimum absolute atomic E-state index is 0.0552. The van der Waals surface area contributed by atoms with Crippen LogP contribution < -0.4 is 14.9 Å². The maximum atomic E-state index is 12.2. The normalized spacial score (nSPS) is 10.9. The summed E-state index contributed by atoms with van der Waals surface area (Å²) in [6, 6.07) is 16.2. The molecule has 0 fully saturated rings. The second kappa shape index (κ2) is 12.6. The number of nitrogens with zero attached hydrogens (tertiary/aromatic N) is 1. The molecule has 0 aliphatic carbocycles. The molecule has 2 N–H and O–H groups in total. The van der Waals surface area contributed by atoms with Gasteiger partial charge in [0.25, 0.3) is 5.91 Å². The van der Waals surface area contributed by atoms with Crippen LogP contribution in [0.25, 0.3) is 0 Å². The molecule has 0 bridgehead atoms. The lowest BCUT2D eigenvalue weighted by Gasteiger charge is -2.12. The van der Waals surface area contributed by atoms with Crippen molar-refractivity contribution in [1.82, 2.24) is 5.43 Å². The van der Waals surface area contributed by atoms with Crippen molar-refractivity contribution in [3.8, 4) is 17.2 Å². The van der Waals surface area contributed by atoms with E-state index in [0.717, 1.165) is 5.56 Å². The maximum absolute atomic E-state index is 12.2. The summed E-state index contributed by atoms with van der Waals surface area (Å²) >= 11 is 5.79. The van der Waals surface area contributed by atoms with Gasteiger partial charge in [0.1, 0.15) is 23.9 Å². The number of phenols is 1. The van der Waals surface area contributed by atoms with Gasteiger partial charge in [0.05, 0.1) is 31.1 Å². The predicted octanol–water partition coefficient (Wildman–Crippen LogP) is 5.21. The summed E-state index contributed by atoms with van der Waals surface area (Å²) in [6.45, 7) is 4.52. The van der Waals surface area contributed by atoms with Crippen molar-refractivity contribution in [3.63, 3.8) is 0 Å². The Balaban J connectivity index is 1.62. The molecule has 188 valence electrons. The molecular formula is C27H27ClN2O6. The zero-order valence-electron chi connectivity index (χ0n) is 20.2. The molecular weight excluding hydrogens is 484 g/mol. The molecule has 0 unspecified atom stereocenters. The number of carbonyl (C=O) groups is 2. The van der Waals surface area contributed by atoms with Crippen LogP contribution >= 0.6 is 11.6 Å². The van der Waals surface area contributed by atoms with Gasteiger partial charge in [0, 0.05) is 10.6 Å². The van der Waals surface area contributed by atoms with Gasteiger partial charge in [-0.15, -0.1) is 0 Å². The Hall–Kier alpha value is -4.04. The van der Waals surface area contributed by atoms with Crippen molar-refractivity contribution < 1.29 is 28.9 Å². The van der Waals surface area contributed by atoms with Crippen LogP contribution in [0.15, 0.2) is 65.8 Å². The Kier molecular flexibility index (Phi) is 9.30. The Morgan fingerprint density at radius 3 is 2.50 bits per heavy atom. The van der Waals surface area contributed by atoms with Crippen LogP contribution in [0.2, 0.25) is 5.02 Å². The van der Waals surface area contributed by atoms with Gasteiger partial charge in [-0.25, -0.2) is 10.2 Å². The summed E-state index contributed by atoms with van der Waals surface area (Å²) in [6.07, 6.45) is 1.46. The third kappa shape index (κ3) is 7.48. The average Bonchev–Trinajstić information content (AvgIpc) is 2.86. The van der Waals surface area contributed by atoms with E-state index < -0.39 is 5.91 Å². The molecule has 3 aromatic carbocycles. The van der Waals surface area contributed by atoms with Crippen molar-refractivity contribution in [1.29, 1.82) is 0 Å². The van der Waals surface area contributed by atoms with Gasteiger partial charge in [-0.2, -0.15) is 5.10 Å². The maximum Gasteiger partial charge on any atom is 0.338 e. The van der Waals surface area contributed by atoms with Crippen LogP contribution in [0.5, 0.6) is 17.2 Å². The zero-order chi connectivity index (χ0) is 26.1. The molecule has 8 nitrogen and oxygen atoms in total. The number of nitrogens with one attached hydrogen (secondary N) is 1. The van der Waals surface area contributed by atoms with Crippen LogP contribution in [0.1, 0.15) is 45.7 Å². The smallest absolute Gasteiger partial charge is 0.338 e. The second-order valence-electron chi connectivity index (χ2n) is 8.24. The number of halogens is 1. The summed E-state index contributed by atoms with van der Waals surface area (Å²) in [5.41, 5.74) is 4.32. The first-order valence-corrected chi connectivity index (χ1v) is 11.5. The molecule has 0 spiro atoms. The van der Waals surface area contributed by atoms with Gasteiger partial charge >= 0.3 is 5.97 Å². The topological polar surface area (TPSA) is 106 Å². The molecule has 0 radical (unpaired) electrons. The monoisotopic (exact) mass is 510 g/mol. The molecule has 1 amide bonds. The molecule has 9 heteroatoms. The van der Waals surface area contributed by atoms with Crippen molar-refractivity contribution >= 4 is 29.7 Å². The first-order chi connectivity index (χ1) is 17.3. The number of hydrogen-bond donors (Lipinski definition) is 2. The third-order valence-corrected chi connectivity index (χ3v) is 5.16. The summed E-state index contributed by atoms with van der Waals surface area (Å²) in [5.74, 6) is 0.277. The number of aromatic hydroxyl groups is 1. The highest BCUT2D eigenvalue weighted by Gasteiger charge is 2.11. The quantitative estimate of drug-likeness (QED) is 0.220. The molecule has 36 heavy (non-hydrogen) atoms. The van der Waals surface area contributed by atoms with Crippen molar-refractivity contribution in [2.24, 2.45) is 11.0 Å². The van der Waals surface area contributed by atoms with Crippen molar-refractivity contribution in [2.75, 3.05) is 13.7 Å². The van der Waals surface area contributed by atoms with Crippen LogP contribution in [0, 0.1) is 5.92 Å². The first kappa shape index (κ1) is 26.6. The molecule has 3 rings (SSSR count). The van der Waals surface area contributed by atoms with E-state index in [1.807, 2.05) is 19.9 Å². The van der Waals surface area contributed by atoms with Gasteiger partial charge in [0.15, 0.2) is 0 Å². The van der Waals surface area contributed by atoms with E-state index in [0.29, 0.717) is 34.3 Å². The Labute approximate surface area is 214 Å². The van der Waals surface area contributed by atoms with E-state index in [1.54, 1.807) is 43.5 Å². The van der Waals surface area contributed by atoms with Gasteiger partial charge in [-0.1, -0.05) is 25.4 Å². The molecule has 0 aromatic heterocycles. The van der Waals surface area contributed by atoms with Crippen molar-refractivity contribution in [2.45, 2.75) is 20.5 Å². The number of amides is 1. The molecule has 0 heterocycles. The van der Waals surface area contributed by atoms with Crippen LogP contribution in [-0.2, 0) is 11.3 Å². The lowest BCUT2D eigenvalue weighted by Crippen LogP contribution is -2.17. The number of benzene rings is 3. The highest BCUT2D eigenvalue weighted by atomic mass is 35.5. The number of esters is 1. The van der Waals surface area contributed by atoms with Crippen LogP contribution in [0.4, 0.5) is 0 Å². The highest BCUT2D eigenvalue weighted by molar-refractivity contribution is 6.30. The number of carbonyl (C=O) groups excluding carboxylic acids is 2. The van der Waals surface area contributed by atoms with E-state index in [4.69, 9.17) is 25.8 Å². The summed E-state index contributed by atoms with van der Waals surface area (Å²) < 4.78 is 16.5. The molecule has 0 saturated carbocycles. The number of ether oxygens (including phenoxy) is 3. The molecule has 0 aliphatic rings. The van der Waals surface area contributed by atoms with Gasteiger partial charge in [0.2, 0.25) is 0 Å². The van der Waals surface area contributed by atoms with Gasteiger partial charge in [-0.05, 0) is 72.1 Å². The third-order valence-electron chi connectivity index (χ3n) is 4.92. The van der Waals surface area contributed by atoms with Crippen molar-refractivity contribution in [3.05, 3.63) is 87.9 Å². The fourth-order valence-corrected chi connectivity index (χ4v) is 3.25. The van der Waals surface area contributed by atoms with E-state index in [9.17, 15) is 14.7 Å². The van der Waals surface area contributed by atoms with Gasteiger partial charge in [-0.3, -0.25) is 4.79 Å². The van der Waals surface area contributed by atoms with E-state index in [-0.39, 0.29) is 29.8 Å². The molecule has 0 atom stereocenters. The number of hydrazone groups is 1.